The van der Waals surface area contributed by atoms with Crippen molar-refractivity contribution in [3.63, 3.8) is 0 Å². The lowest BCUT2D eigenvalue weighted by atomic mass is 10.2. The van der Waals surface area contributed by atoms with E-state index in [-0.39, 0.29) is 11.3 Å². The second-order valence-corrected chi connectivity index (χ2v) is 2.26. The number of phenolic OH excluding ortho intramolecular Hbond substituents is 1. The Morgan fingerprint density at radius 3 is 2.08 bits per heavy atom. The van der Waals surface area contributed by atoms with Crippen LogP contribution in [0.3, 0.4) is 0 Å². The molecule has 13 heavy (non-hydrogen) atoms. The van der Waals surface area contributed by atoms with Crippen LogP contribution in [-0.4, -0.2) is 16.2 Å². The highest BCUT2D eigenvalue weighted by Crippen LogP contribution is 2.08. The number of carboxylic acids is 1. The van der Waals surface area contributed by atoms with Crippen molar-refractivity contribution < 1.29 is 15.0 Å². The smallest absolute Gasteiger partial charge is 0.335 e. The maximum atomic E-state index is 10.2. The van der Waals surface area contributed by atoms with Crippen molar-refractivity contribution in [2.75, 3.05) is 0 Å². The Morgan fingerprint density at radius 1 is 1.38 bits per heavy atom. The Bertz CT molecular complexity index is 275. The Kier molecular flexibility index (Phi) is 5.03. The van der Waals surface area contributed by atoms with E-state index in [0.717, 1.165) is 0 Å². The van der Waals surface area contributed by atoms with Crippen molar-refractivity contribution in [3.05, 3.63) is 42.5 Å². The van der Waals surface area contributed by atoms with Crippen LogP contribution < -0.4 is 0 Å². The van der Waals surface area contributed by atoms with Crippen molar-refractivity contribution >= 4 is 5.97 Å². The molecule has 0 radical (unpaired) electrons. The number of hydrogen-bond donors (Lipinski definition) is 2. The van der Waals surface area contributed by atoms with Crippen LogP contribution in [-0.2, 0) is 0 Å². The molecule has 0 aromatic heterocycles. The van der Waals surface area contributed by atoms with E-state index in [2.05, 4.69) is 6.58 Å². The summed E-state index contributed by atoms with van der Waals surface area (Å²) < 4.78 is 0. The van der Waals surface area contributed by atoms with Crippen LogP contribution in [0.1, 0.15) is 17.3 Å². The standard InChI is InChI=1S/C7H6O3.C3H6/c8-6-3-1-5(2-4-6)7(9)10;1-3-2/h1-4,8H,(H,9,10);3H,1H2,2H3. The number of carbonyl (C=O) groups is 1. The average Bonchev–Trinajstić information content (AvgIpc) is 2.06. The molecule has 0 spiro atoms. The second-order valence-electron chi connectivity index (χ2n) is 2.26. The minimum Gasteiger partial charge on any atom is -0.508 e. The number of aromatic carboxylic acids is 1. The van der Waals surface area contributed by atoms with Crippen LogP contribution in [0.15, 0.2) is 36.9 Å². The highest BCUT2D eigenvalue weighted by Gasteiger charge is 1.99. The molecule has 0 fully saturated rings. The van der Waals surface area contributed by atoms with E-state index >= 15 is 0 Å². The first kappa shape index (κ1) is 11.2. The molecule has 0 aliphatic rings. The molecule has 0 saturated heterocycles. The number of hydrogen-bond acceptors (Lipinski definition) is 2. The summed E-state index contributed by atoms with van der Waals surface area (Å²) in [6, 6.07) is 5.36. The van der Waals surface area contributed by atoms with Crippen molar-refractivity contribution in [1.29, 1.82) is 0 Å². The van der Waals surface area contributed by atoms with Gasteiger partial charge in [-0.15, -0.1) is 6.58 Å². The maximum Gasteiger partial charge on any atom is 0.335 e. The highest BCUT2D eigenvalue weighted by atomic mass is 16.4. The third-order valence-electron chi connectivity index (χ3n) is 1.11. The van der Waals surface area contributed by atoms with E-state index in [0.29, 0.717) is 0 Å². The van der Waals surface area contributed by atoms with Crippen LogP contribution >= 0.6 is 0 Å². The van der Waals surface area contributed by atoms with Gasteiger partial charge < -0.3 is 10.2 Å². The number of rotatable bonds is 1. The highest BCUT2D eigenvalue weighted by molar-refractivity contribution is 5.87. The summed E-state index contributed by atoms with van der Waals surface area (Å²) in [5, 5.41) is 17.1. The van der Waals surface area contributed by atoms with E-state index in [1.807, 2.05) is 6.92 Å². The molecule has 3 heteroatoms. The molecule has 3 nitrogen and oxygen atoms in total. The summed E-state index contributed by atoms with van der Waals surface area (Å²) >= 11 is 0. The average molecular weight is 180 g/mol. The normalized spacial score (nSPS) is 8.08. The van der Waals surface area contributed by atoms with Crippen molar-refractivity contribution in [2.24, 2.45) is 0 Å². The van der Waals surface area contributed by atoms with Gasteiger partial charge >= 0.3 is 5.97 Å². The summed E-state index contributed by atoms with van der Waals surface area (Å²) in [5.41, 5.74) is 0.179. The lowest BCUT2D eigenvalue weighted by Crippen LogP contribution is -1.93. The zero-order chi connectivity index (χ0) is 10.3. The molecule has 0 saturated carbocycles. The fourth-order valence-electron chi connectivity index (χ4n) is 0.604. The summed E-state index contributed by atoms with van der Waals surface area (Å²) in [4.78, 5) is 10.2. The molecule has 0 atom stereocenters. The number of allylic oxidation sites excluding steroid dienone is 1. The molecule has 1 rings (SSSR count). The fraction of sp³-hybridized carbons (Fsp3) is 0.100. The molecular formula is C10H12O3. The Hall–Kier alpha value is -1.77. The van der Waals surface area contributed by atoms with Gasteiger partial charge in [0.1, 0.15) is 5.75 Å². The third kappa shape index (κ3) is 4.63. The molecule has 70 valence electrons. The molecule has 0 bridgehead atoms. The lowest BCUT2D eigenvalue weighted by Gasteiger charge is -1.92. The van der Waals surface area contributed by atoms with E-state index in [1.54, 1.807) is 6.08 Å². The Labute approximate surface area is 77.0 Å². The van der Waals surface area contributed by atoms with Gasteiger partial charge in [0.15, 0.2) is 0 Å². The van der Waals surface area contributed by atoms with Gasteiger partial charge in [0.2, 0.25) is 0 Å². The van der Waals surface area contributed by atoms with E-state index in [4.69, 9.17) is 10.2 Å². The fourth-order valence-corrected chi connectivity index (χ4v) is 0.604. The van der Waals surface area contributed by atoms with E-state index in [1.165, 1.54) is 24.3 Å². The molecule has 0 heterocycles. The predicted octanol–water partition coefficient (Wildman–Crippen LogP) is 2.28. The maximum absolute atomic E-state index is 10.2. The summed E-state index contributed by atoms with van der Waals surface area (Å²) in [7, 11) is 0. The van der Waals surface area contributed by atoms with Crippen LogP contribution in [0.4, 0.5) is 0 Å². The summed E-state index contributed by atoms with van der Waals surface area (Å²) in [6.45, 7) is 5.25. The number of carboxylic acid groups (broad SMARTS) is 1. The minimum absolute atomic E-state index is 0.0741. The van der Waals surface area contributed by atoms with Gasteiger partial charge in [-0.2, -0.15) is 0 Å². The van der Waals surface area contributed by atoms with E-state index in [9.17, 15) is 4.79 Å². The first-order valence-corrected chi connectivity index (χ1v) is 3.71. The zero-order valence-corrected chi connectivity index (χ0v) is 7.40. The number of aromatic hydroxyl groups is 1. The molecule has 0 amide bonds. The molecule has 0 aliphatic carbocycles. The Balaban J connectivity index is 0.000000424. The van der Waals surface area contributed by atoms with Gasteiger partial charge in [0, 0.05) is 0 Å². The molecule has 2 N–H and O–H groups in total. The van der Waals surface area contributed by atoms with Crippen molar-refractivity contribution in [1.82, 2.24) is 0 Å². The topological polar surface area (TPSA) is 57.5 Å². The Morgan fingerprint density at radius 2 is 1.77 bits per heavy atom. The molecular weight excluding hydrogens is 168 g/mol. The van der Waals surface area contributed by atoms with Gasteiger partial charge in [0.25, 0.3) is 0 Å². The SMILES string of the molecule is C=CC.O=C(O)c1ccc(O)cc1. The largest absolute Gasteiger partial charge is 0.508 e. The molecule has 1 aromatic carbocycles. The number of phenols is 1. The van der Waals surface area contributed by atoms with Gasteiger partial charge in [0.05, 0.1) is 5.56 Å². The number of benzene rings is 1. The van der Waals surface area contributed by atoms with Gasteiger partial charge in [-0.05, 0) is 31.2 Å². The van der Waals surface area contributed by atoms with Crippen molar-refractivity contribution in [2.45, 2.75) is 6.92 Å². The molecule has 0 unspecified atom stereocenters. The van der Waals surface area contributed by atoms with Gasteiger partial charge in [-0.3, -0.25) is 0 Å². The predicted molar refractivity (Wildman–Crippen MR) is 50.9 cm³/mol. The van der Waals surface area contributed by atoms with Crippen LogP contribution in [0.25, 0.3) is 0 Å². The monoisotopic (exact) mass is 180 g/mol. The third-order valence-corrected chi connectivity index (χ3v) is 1.11. The quantitative estimate of drug-likeness (QED) is 0.652. The first-order chi connectivity index (χ1) is 6.11. The van der Waals surface area contributed by atoms with Crippen LogP contribution in [0.2, 0.25) is 0 Å². The van der Waals surface area contributed by atoms with Gasteiger partial charge in [-0.1, -0.05) is 6.08 Å². The zero-order valence-electron chi connectivity index (χ0n) is 7.40. The van der Waals surface area contributed by atoms with Crippen molar-refractivity contribution in [3.8, 4) is 5.75 Å². The second kappa shape index (κ2) is 5.83. The first-order valence-electron chi connectivity index (χ1n) is 3.71. The molecule has 1 aromatic rings. The summed E-state index contributed by atoms with van der Waals surface area (Å²) in [5.74, 6) is -0.912. The molecule has 0 aliphatic heterocycles. The lowest BCUT2D eigenvalue weighted by molar-refractivity contribution is 0.0697. The van der Waals surface area contributed by atoms with E-state index < -0.39 is 5.97 Å². The van der Waals surface area contributed by atoms with Crippen LogP contribution in [0.5, 0.6) is 5.75 Å². The minimum atomic E-state index is -0.986. The van der Waals surface area contributed by atoms with Crippen LogP contribution in [0, 0.1) is 0 Å². The van der Waals surface area contributed by atoms with Gasteiger partial charge in [-0.25, -0.2) is 4.79 Å². The summed E-state index contributed by atoms with van der Waals surface area (Å²) in [6.07, 6.45) is 1.75.